The fourth-order valence-corrected chi connectivity index (χ4v) is 5.63. The second-order valence-electron chi connectivity index (χ2n) is 8.22. The van der Waals surface area contributed by atoms with Crippen LogP contribution in [0.2, 0.25) is 0 Å². The average molecular weight is 410 g/mol. The summed E-state index contributed by atoms with van der Waals surface area (Å²) in [6, 6.07) is 7.80. The van der Waals surface area contributed by atoms with Gasteiger partial charge in [-0.3, -0.25) is 4.90 Å². The van der Waals surface area contributed by atoms with Gasteiger partial charge in [-0.15, -0.1) is 0 Å². The van der Waals surface area contributed by atoms with Gasteiger partial charge >= 0.3 is 0 Å². The first kappa shape index (κ1) is 18.9. The first-order chi connectivity index (χ1) is 13.8. The number of benzene rings is 1. The number of para-hydroxylation sites is 1. The van der Waals surface area contributed by atoms with Gasteiger partial charge in [-0.05, 0) is 62.6 Å². The van der Waals surface area contributed by atoms with E-state index in [-0.39, 0.29) is 18.2 Å². The minimum Gasteiger partial charge on any atom is -0.492 e. The molecule has 3 heterocycles. The second-order valence-corrected chi connectivity index (χ2v) is 10.0. The summed E-state index contributed by atoms with van der Waals surface area (Å²) in [7, 11) is -3.28. The molecule has 3 aliphatic heterocycles. The lowest BCUT2D eigenvalue weighted by molar-refractivity contribution is -0.0284. The van der Waals surface area contributed by atoms with Crippen LogP contribution in [0.3, 0.4) is 0 Å². The Hall–Kier alpha value is -1.15. The van der Waals surface area contributed by atoms with Crippen molar-refractivity contribution in [1.29, 1.82) is 0 Å². The van der Waals surface area contributed by atoms with Crippen LogP contribution in [-0.4, -0.2) is 64.1 Å². The molecule has 5 rings (SSSR count). The van der Waals surface area contributed by atoms with Gasteiger partial charge in [-0.1, -0.05) is 18.2 Å². The van der Waals surface area contributed by atoms with Gasteiger partial charge in [0.25, 0.3) is 0 Å². The minimum absolute atomic E-state index is 0.000701. The quantitative estimate of drug-likeness (QED) is 0.813. The summed E-state index contributed by atoms with van der Waals surface area (Å²) in [5, 5.41) is 0. The lowest BCUT2D eigenvalue weighted by Crippen LogP contribution is -2.58. The van der Waals surface area contributed by atoms with Crippen molar-refractivity contribution in [3.63, 3.8) is 0 Å². The first-order valence-electron chi connectivity index (χ1n) is 10.9. The summed E-state index contributed by atoms with van der Waals surface area (Å²) in [6.45, 7) is 2.64. The fraction of sp³-hybridized carbons (Fsp3) is 0.714. The van der Waals surface area contributed by atoms with Gasteiger partial charge < -0.3 is 9.47 Å². The Morgan fingerprint density at radius 2 is 1.93 bits per heavy atom. The van der Waals surface area contributed by atoms with Crippen LogP contribution in [0, 0.1) is 0 Å². The molecule has 2 atom stereocenters. The third kappa shape index (κ3) is 4.87. The molecular weight excluding hydrogens is 376 g/mol. The molecule has 1 unspecified atom stereocenters. The maximum atomic E-state index is 11.9. The molecule has 0 spiro atoms. The van der Waals surface area contributed by atoms with Crippen LogP contribution in [0.1, 0.15) is 51.4 Å². The maximum Gasteiger partial charge on any atom is 0.209 e. The molecule has 0 aromatic heterocycles. The molecule has 6 nitrogen and oxygen atoms in total. The van der Waals surface area contributed by atoms with Gasteiger partial charge in [0.05, 0.1) is 19.0 Å². The SMILES string of the molecule is [2H]C12CCC(CC1)OCC1[C@@H](NS(C)(=O)=O)CCCN1CCOc1ccccc12. The van der Waals surface area contributed by atoms with E-state index in [0.29, 0.717) is 19.8 Å². The summed E-state index contributed by atoms with van der Waals surface area (Å²) < 4.78 is 48.1. The Morgan fingerprint density at radius 1 is 1.14 bits per heavy atom. The van der Waals surface area contributed by atoms with Crippen molar-refractivity contribution in [1.82, 2.24) is 9.62 Å². The predicted octanol–water partition coefficient (Wildman–Crippen LogP) is 2.50. The van der Waals surface area contributed by atoms with E-state index in [1.165, 1.54) is 6.26 Å². The molecule has 1 saturated carbocycles. The number of ether oxygens (including phenoxy) is 2. The van der Waals surface area contributed by atoms with Crippen LogP contribution in [0.25, 0.3) is 0 Å². The molecule has 1 N–H and O–H groups in total. The molecule has 2 fully saturated rings. The molecule has 1 saturated heterocycles. The van der Waals surface area contributed by atoms with Crippen molar-refractivity contribution in [2.75, 3.05) is 32.6 Å². The Kier molecular flexibility index (Phi) is 5.85. The van der Waals surface area contributed by atoms with Gasteiger partial charge in [0.2, 0.25) is 10.0 Å². The van der Waals surface area contributed by atoms with Crippen molar-refractivity contribution in [2.45, 2.75) is 62.6 Å². The highest BCUT2D eigenvalue weighted by atomic mass is 32.2. The predicted molar refractivity (Wildman–Crippen MR) is 109 cm³/mol. The molecule has 2 bridgehead atoms. The van der Waals surface area contributed by atoms with Gasteiger partial charge in [0.1, 0.15) is 12.4 Å². The summed E-state index contributed by atoms with van der Waals surface area (Å²) in [6.07, 6.45) is 6.30. The van der Waals surface area contributed by atoms with Crippen molar-refractivity contribution >= 4 is 10.0 Å². The lowest BCUT2D eigenvalue weighted by atomic mass is 9.82. The van der Waals surface area contributed by atoms with E-state index in [9.17, 15) is 8.42 Å². The van der Waals surface area contributed by atoms with E-state index >= 15 is 0 Å². The van der Waals surface area contributed by atoms with Crippen LogP contribution in [0.5, 0.6) is 5.75 Å². The van der Waals surface area contributed by atoms with Crippen LogP contribution in [-0.2, 0) is 14.8 Å². The smallest absolute Gasteiger partial charge is 0.209 e. The number of piperidine rings is 1. The topological polar surface area (TPSA) is 67.9 Å². The van der Waals surface area contributed by atoms with Gasteiger partial charge in [-0.25, -0.2) is 13.1 Å². The summed E-state index contributed by atoms with van der Waals surface area (Å²) in [4.78, 5) is 2.30. The minimum atomic E-state index is -3.28. The van der Waals surface area contributed by atoms with E-state index in [0.717, 1.165) is 56.4 Å². The zero-order valence-corrected chi connectivity index (χ0v) is 17.4. The number of nitrogens with one attached hydrogen (secondary N) is 1. The summed E-state index contributed by atoms with van der Waals surface area (Å²) >= 11 is 0. The highest BCUT2D eigenvalue weighted by Crippen LogP contribution is 2.38. The molecule has 28 heavy (non-hydrogen) atoms. The van der Waals surface area contributed by atoms with Gasteiger partial charge in [0, 0.05) is 20.0 Å². The summed E-state index contributed by atoms with van der Waals surface area (Å²) in [5.41, 5.74) is 0.976. The van der Waals surface area contributed by atoms with E-state index in [4.69, 9.17) is 10.8 Å². The Bertz CT molecular complexity index is 811. The number of sulfonamides is 1. The molecule has 0 radical (unpaired) electrons. The second kappa shape index (κ2) is 8.69. The zero-order valence-electron chi connectivity index (χ0n) is 17.6. The Balaban J connectivity index is 1.58. The molecule has 156 valence electrons. The Morgan fingerprint density at radius 3 is 2.71 bits per heavy atom. The Labute approximate surface area is 170 Å². The summed E-state index contributed by atoms with van der Waals surface area (Å²) in [5.74, 6) is 0.179. The van der Waals surface area contributed by atoms with Crippen LogP contribution < -0.4 is 9.46 Å². The molecule has 1 aromatic rings. The van der Waals surface area contributed by atoms with E-state index < -0.39 is 15.9 Å². The number of rotatable bonds is 2. The zero-order chi connectivity index (χ0) is 20.5. The standard InChI is InChI=1S/C21H32N2O4S/c1-28(24,25)22-19-6-4-12-23-13-14-26-21-7-3-2-5-18(21)16-8-10-17(11-9-16)27-15-20(19)23/h2-3,5,7,16-17,19-20,22H,4,6,8-15H2,1H3/t16?,17?,19-,20?/m0/s1/i16D. The number of hydrogen-bond acceptors (Lipinski definition) is 5. The molecule has 7 heteroatoms. The molecule has 1 aromatic carbocycles. The molecular formula is C21H32N2O4S. The van der Waals surface area contributed by atoms with Crippen LogP contribution in [0.15, 0.2) is 24.3 Å². The third-order valence-electron chi connectivity index (χ3n) is 6.20. The van der Waals surface area contributed by atoms with Crippen molar-refractivity contribution in [3.8, 4) is 5.75 Å². The third-order valence-corrected chi connectivity index (χ3v) is 6.93. The van der Waals surface area contributed by atoms with E-state index in [1.807, 2.05) is 24.3 Å². The largest absolute Gasteiger partial charge is 0.492 e. The van der Waals surface area contributed by atoms with Crippen molar-refractivity contribution < 1.29 is 19.3 Å². The van der Waals surface area contributed by atoms with Crippen molar-refractivity contribution in [2.24, 2.45) is 0 Å². The number of nitrogens with zero attached hydrogens (tertiary/aromatic N) is 1. The van der Waals surface area contributed by atoms with Gasteiger partial charge in [-0.2, -0.15) is 0 Å². The molecule has 1 aliphatic carbocycles. The molecule has 0 amide bonds. The highest BCUT2D eigenvalue weighted by molar-refractivity contribution is 7.88. The lowest BCUT2D eigenvalue weighted by Gasteiger charge is -2.41. The van der Waals surface area contributed by atoms with E-state index in [1.54, 1.807) is 0 Å². The number of fused-ring (bicyclic) bond motifs is 5. The van der Waals surface area contributed by atoms with E-state index in [2.05, 4.69) is 9.62 Å². The monoisotopic (exact) mass is 409 g/mol. The van der Waals surface area contributed by atoms with Crippen LogP contribution >= 0.6 is 0 Å². The first-order valence-corrected chi connectivity index (χ1v) is 12.3. The maximum absolute atomic E-state index is 11.9. The fourth-order valence-electron chi connectivity index (χ4n) is 4.81. The highest BCUT2D eigenvalue weighted by Gasteiger charge is 2.35. The normalized spacial score (nSPS) is 35.3. The average Bonchev–Trinajstić information content (AvgIpc) is 2.69. The number of hydrogen-bond donors (Lipinski definition) is 1. The van der Waals surface area contributed by atoms with Crippen molar-refractivity contribution in [3.05, 3.63) is 29.8 Å². The molecule has 4 aliphatic rings. The van der Waals surface area contributed by atoms with Crippen LogP contribution in [0.4, 0.5) is 0 Å². The van der Waals surface area contributed by atoms with Gasteiger partial charge in [0.15, 0.2) is 0 Å².